The molecule has 0 unspecified atom stereocenters. The summed E-state index contributed by atoms with van der Waals surface area (Å²) in [5.74, 6) is 1.01. The number of nitrogen functional groups attached to an aromatic ring is 1. The fraction of sp³-hybridized carbons (Fsp3) is 0.143. The highest BCUT2D eigenvalue weighted by Crippen LogP contribution is 2.15. The molecule has 96 valence electrons. The Hall–Kier alpha value is -2.14. The number of nitrogens with zero attached hydrogens (tertiary/aromatic N) is 3. The van der Waals surface area contributed by atoms with Gasteiger partial charge in [-0.1, -0.05) is 18.2 Å². The SMILES string of the molecule is Nc1ccccc1Cn1ccnc1Cc1nccs1. The molecular formula is C14H14N4S. The van der Waals surface area contributed by atoms with Crippen LogP contribution in [0.4, 0.5) is 5.69 Å². The van der Waals surface area contributed by atoms with Gasteiger partial charge in [0.05, 0.1) is 18.0 Å². The van der Waals surface area contributed by atoms with Crippen molar-refractivity contribution in [2.24, 2.45) is 0 Å². The predicted octanol–water partition coefficient (Wildman–Crippen LogP) is 2.56. The average molecular weight is 270 g/mol. The van der Waals surface area contributed by atoms with Gasteiger partial charge in [-0.3, -0.25) is 0 Å². The topological polar surface area (TPSA) is 56.7 Å². The van der Waals surface area contributed by atoms with Crippen molar-refractivity contribution in [1.82, 2.24) is 14.5 Å². The van der Waals surface area contributed by atoms with Crippen LogP contribution in [0.2, 0.25) is 0 Å². The third kappa shape index (κ3) is 2.66. The zero-order valence-electron chi connectivity index (χ0n) is 10.4. The monoisotopic (exact) mass is 270 g/mol. The molecular weight excluding hydrogens is 256 g/mol. The number of aromatic nitrogens is 3. The van der Waals surface area contributed by atoms with E-state index in [-0.39, 0.29) is 0 Å². The number of benzene rings is 1. The number of anilines is 1. The molecule has 1 aromatic carbocycles. The van der Waals surface area contributed by atoms with E-state index >= 15 is 0 Å². The van der Waals surface area contributed by atoms with E-state index in [1.807, 2.05) is 48.2 Å². The van der Waals surface area contributed by atoms with E-state index in [1.54, 1.807) is 11.3 Å². The summed E-state index contributed by atoms with van der Waals surface area (Å²) in [5, 5.41) is 3.06. The Kier molecular flexibility index (Phi) is 3.29. The van der Waals surface area contributed by atoms with E-state index < -0.39 is 0 Å². The molecule has 0 aliphatic carbocycles. The average Bonchev–Trinajstić information content (AvgIpc) is 3.06. The van der Waals surface area contributed by atoms with Gasteiger partial charge < -0.3 is 10.3 Å². The first-order chi connectivity index (χ1) is 9.33. The zero-order chi connectivity index (χ0) is 13.1. The van der Waals surface area contributed by atoms with Crippen LogP contribution in [0, 0.1) is 0 Å². The molecule has 0 aliphatic heterocycles. The van der Waals surface area contributed by atoms with Gasteiger partial charge in [0, 0.05) is 29.7 Å². The first kappa shape index (κ1) is 11.9. The molecule has 2 N–H and O–H groups in total. The van der Waals surface area contributed by atoms with Gasteiger partial charge in [-0.25, -0.2) is 9.97 Å². The molecule has 0 saturated carbocycles. The zero-order valence-corrected chi connectivity index (χ0v) is 11.2. The van der Waals surface area contributed by atoms with Crippen molar-refractivity contribution in [3.05, 3.63) is 64.6 Å². The lowest BCUT2D eigenvalue weighted by Crippen LogP contribution is -2.06. The smallest absolute Gasteiger partial charge is 0.115 e. The number of hydrogen-bond donors (Lipinski definition) is 1. The van der Waals surface area contributed by atoms with Crippen LogP contribution in [0.15, 0.2) is 48.2 Å². The minimum Gasteiger partial charge on any atom is -0.398 e. The molecule has 2 heterocycles. The van der Waals surface area contributed by atoms with Crippen molar-refractivity contribution in [1.29, 1.82) is 0 Å². The van der Waals surface area contributed by atoms with Crippen LogP contribution < -0.4 is 5.73 Å². The predicted molar refractivity (Wildman–Crippen MR) is 77.1 cm³/mol. The summed E-state index contributed by atoms with van der Waals surface area (Å²) in [5.41, 5.74) is 7.91. The highest BCUT2D eigenvalue weighted by Gasteiger charge is 2.07. The first-order valence-electron chi connectivity index (χ1n) is 6.04. The third-order valence-corrected chi connectivity index (χ3v) is 3.77. The summed E-state index contributed by atoms with van der Waals surface area (Å²) in [6, 6.07) is 7.92. The molecule has 5 heteroatoms. The summed E-state index contributed by atoms with van der Waals surface area (Å²) in [4.78, 5) is 8.70. The van der Waals surface area contributed by atoms with E-state index in [4.69, 9.17) is 5.73 Å². The Morgan fingerprint density at radius 2 is 2.05 bits per heavy atom. The standard InChI is InChI=1S/C14H14N4S/c15-12-4-2-1-3-11(12)10-18-7-5-16-13(18)9-14-17-6-8-19-14/h1-8H,9-10,15H2. The maximum Gasteiger partial charge on any atom is 0.115 e. The quantitative estimate of drug-likeness (QED) is 0.741. The van der Waals surface area contributed by atoms with Crippen LogP contribution in [0.1, 0.15) is 16.4 Å². The Morgan fingerprint density at radius 3 is 2.84 bits per heavy atom. The number of para-hydroxylation sites is 1. The van der Waals surface area contributed by atoms with Gasteiger partial charge in [0.15, 0.2) is 0 Å². The van der Waals surface area contributed by atoms with Gasteiger partial charge in [-0.05, 0) is 11.6 Å². The number of rotatable bonds is 4. The molecule has 0 atom stereocenters. The second-order valence-corrected chi connectivity index (χ2v) is 5.25. The van der Waals surface area contributed by atoms with Crippen molar-refractivity contribution in [2.45, 2.75) is 13.0 Å². The van der Waals surface area contributed by atoms with Crippen LogP contribution in [-0.2, 0) is 13.0 Å². The Morgan fingerprint density at radius 1 is 1.16 bits per heavy atom. The molecule has 19 heavy (non-hydrogen) atoms. The van der Waals surface area contributed by atoms with Crippen molar-refractivity contribution in [3.63, 3.8) is 0 Å². The highest BCUT2D eigenvalue weighted by atomic mass is 32.1. The minimum atomic E-state index is 0.743. The van der Waals surface area contributed by atoms with Crippen LogP contribution in [-0.4, -0.2) is 14.5 Å². The van der Waals surface area contributed by atoms with Crippen LogP contribution >= 0.6 is 11.3 Å². The molecule has 0 amide bonds. The van der Waals surface area contributed by atoms with Gasteiger partial charge in [-0.15, -0.1) is 11.3 Å². The molecule has 0 aliphatic rings. The number of imidazole rings is 1. The molecule has 0 fully saturated rings. The summed E-state index contributed by atoms with van der Waals surface area (Å²) in [6.07, 6.45) is 6.39. The Bertz CT molecular complexity index is 658. The summed E-state index contributed by atoms with van der Waals surface area (Å²) in [7, 11) is 0. The van der Waals surface area contributed by atoms with E-state index in [9.17, 15) is 0 Å². The first-order valence-corrected chi connectivity index (χ1v) is 6.92. The molecule has 4 nitrogen and oxygen atoms in total. The molecule has 2 aromatic heterocycles. The maximum absolute atomic E-state index is 5.98. The lowest BCUT2D eigenvalue weighted by molar-refractivity contribution is 0.740. The van der Waals surface area contributed by atoms with Gasteiger partial charge in [0.2, 0.25) is 0 Å². The Labute approximate surface area is 115 Å². The number of hydrogen-bond acceptors (Lipinski definition) is 4. The molecule has 0 spiro atoms. The maximum atomic E-state index is 5.98. The highest BCUT2D eigenvalue weighted by molar-refractivity contribution is 7.09. The van der Waals surface area contributed by atoms with E-state index in [1.165, 1.54) is 0 Å². The van der Waals surface area contributed by atoms with Crippen molar-refractivity contribution in [3.8, 4) is 0 Å². The fourth-order valence-electron chi connectivity index (χ4n) is 1.99. The van der Waals surface area contributed by atoms with E-state index in [0.29, 0.717) is 0 Å². The van der Waals surface area contributed by atoms with Gasteiger partial charge in [0.1, 0.15) is 5.82 Å². The number of nitrogens with two attached hydrogens (primary N) is 1. The van der Waals surface area contributed by atoms with Crippen molar-refractivity contribution in [2.75, 3.05) is 5.73 Å². The fourth-order valence-corrected chi connectivity index (χ4v) is 2.60. The summed E-state index contributed by atoms with van der Waals surface area (Å²) in [6.45, 7) is 0.743. The van der Waals surface area contributed by atoms with Crippen molar-refractivity contribution < 1.29 is 0 Å². The Balaban J connectivity index is 1.83. The van der Waals surface area contributed by atoms with Crippen LogP contribution in [0.5, 0.6) is 0 Å². The van der Waals surface area contributed by atoms with Crippen molar-refractivity contribution >= 4 is 17.0 Å². The normalized spacial score (nSPS) is 10.7. The van der Waals surface area contributed by atoms with E-state index in [0.717, 1.165) is 35.0 Å². The molecule has 3 rings (SSSR count). The summed E-state index contributed by atoms with van der Waals surface area (Å²) < 4.78 is 2.12. The second kappa shape index (κ2) is 5.24. The lowest BCUT2D eigenvalue weighted by atomic mass is 10.2. The molecule has 3 aromatic rings. The molecule has 0 bridgehead atoms. The third-order valence-electron chi connectivity index (χ3n) is 2.99. The molecule has 0 radical (unpaired) electrons. The number of thiazole rings is 1. The minimum absolute atomic E-state index is 0.743. The van der Waals surface area contributed by atoms with Gasteiger partial charge in [0.25, 0.3) is 0 Å². The van der Waals surface area contributed by atoms with E-state index in [2.05, 4.69) is 14.5 Å². The van der Waals surface area contributed by atoms with Gasteiger partial charge >= 0.3 is 0 Å². The van der Waals surface area contributed by atoms with Gasteiger partial charge in [-0.2, -0.15) is 0 Å². The lowest BCUT2D eigenvalue weighted by Gasteiger charge is -2.09. The van der Waals surface area contributed by atoms with Crippen LogP contribution in [0.25, 0.3) is 0 Å². The van der Waals surface area contributed by atoms with Crippen LogP contribution in [0.3, 0.4) is 0 Å². The largest absolute Gasteiger partial charge is 0.398 e. The molecule has 0 saturated heterocycles. The second-order valence-electron chi connectivity index (χ2n) is 4.27. The summed E-state index contributed by atoms with van der Waals surface area (Å²) >= 11 is 1.65.